The summed E-state index contributed by atoms with van der Waals surface area (Å²) < 4.78 is 10.8. The van der Waals surface area contributed by atoms with Crippen LogP contribution in [0.5, 0.6) is 11.5 Å². The van der Waals surface area contributed by atoms with Crippen LogP contribution in [-0.4, -0.2) is 48.5 Å². The molecule has 2 aliphatic rings. The van der Waals surface area contributed by atoms with Gasteiger partial charge < -0.3 is 14.5 Å². The number of hydrogen-bond donors (Lipinski definition) is 1. The van der Waals surface area contributed by atoms with Crippen LogP contribution >= 0.6 is 0 Å². The van der Waals surface area contributed by atoms with Gasteiger partial charge in [-0.25, -0.2) is 4.90 Å². The van der Waals surface area contributed by atoms with E-state index in [1.807, 2.05) is 24.3 Å². The van der Waals surface area contributed by atoms with E-state index in [1.54, 1.807) is 25.3 Å². The molecule has 0 unspecified atom stereocenters. The van der Waals surface area contributed by atoms with Gasteiger partial charge in [0, 0.05) is 41.7 Å². The zero-order chi connectivity index (χ0) is 24.8. The van der Waals surface area contributed by atoms with Gasteiger partial charge in [-0.05, 0) is 29.3 Å². The van der Waals surface area contributed by atoms with E-state index in [2.05, 4.69) is 40.2 Å². The smallest absolute Gasteiger partial charge is 0.251 e. The van der Waals surface area contributed by atoms with E-state index in [4.69, 9.17) is 9.47 Å². The number of fused-ring (bicyclic) bond motifs is 3. The fourth-order valence-corrected chi connectivity index (χ4v) is 5.65. The molecule has 36 heavy (non-hydrogen) atoms. The Morgan fingerprint density at radius 2 is 1.69 bits per heavy atom. The predicted octanol–water partition coefficient (Wildman–Crippen LogP) is 4.46. The number of methoxy groups -OCH3 is 2. The molecule has 0 spiro atoms. The lowest BCUT2D eigenvalue weighted by Crippen LogP contribution is -2.45. The van der Waals surface area contributed by atoms with Crippen LogP contribution in [0.15, 0.2) is 72.8 Å². The Balaban J connectivity index is 1.37. The molecule has 7 nitrogen and oxygen atoms in total. The number of para-hydroxylation sites is 1. The van der Waals surface area contributed by atoms with Gasteiger partial charge in [0.2, 0.25) is 5.91 Å². The second-order valence-corrected chi connectivity index (χ2v) is 9.28. The summed E-state index contributed by atoms with van der Waals surface area (Å²) in [6.07, 6.45) is 0.130. The van der Waals surface area contributed by atoms with Crippen LogP contribution < -0.4 is 14.4 Å². The van der Waals surface area contributed by atoms with E-state index in [9.17, 15) is 9.59 Å². The van der Waals surface area contributed by atoms with Crippen molar-refractivity contribution in [1.82, 2.24) is 9.88 Å². The van der Waals surface area contributed by atoms with Crippen molar-refractivity contribution in [3.8, 4) is 11.5 Å². The Hall–Kier alpha value is -4.10. The summed E-state index contributed by atoms with van der Waals surface area (Å²) in [7, 11) is 3.09. The summed E-state index contributed by atoms with van der Waals surface area (Å²) in [5.74, 6) is 0.648. The number of hydrogen-bond acceptors (Lipinski definition) is 5. The molecular weight excluding hydrogens is 454 g/mol. The van der Waals surface area contributed by atoms with Gasteiger partial charge in [-0.1, -0.05) is 48.5 Å². The van der Waals surface area contributed by atoms with E-state index in [1.165, 1.54) is 28.5 Å². The van der Waals surface area contributed by atoms with Crippen LogP contribution in [0, 0.1) is 0 Å². The maximum Gasteiger partial charge on any atom is 0.251 e. The molecule has 3 heterocycles. The zero-order valence-electron chi connectivity index (χ0n) is 20.2. The number of aromatic nitrogens is 1. The van der Waals surface area contributed by atoms with Crippen LogP contribution in [-0.2, 0) is 16.1 Å². The number of anilines is 1. The summed E-state index contributed by atoms with van der Waals surface area (Å²) >= 11 is 0. The van der Waals surface area contributed by atoms with Crippen LogP contribution in [0.4, 0.5) is 5.69 Å². The van der Waals surface area contributed by atoms with Crippen LogP contribution in [0.1, 0.15) is 29.2 Å². The molecule has 1 fully saturated rings. The van der Waals surface area contributed by atoms with Crippen molar-refractivity contribution in [3.63, 3.8) is 0 Å². The molecule has 0 saturated carbocycles. The minimum Gasteiger partial charge on any atom is -0.497 e. The Kier molecular flexibility index (Phi) is 5.49. The van der Waals surface area contributed by atoms with Gasteiger partial charge in [-0.15, -0.1) is 0 Å². The lowest BCUT2D eigenvalue weighted by Gasteiger charge is -2.36. The van der Waals surface area contributed by atoms with E-state index in [0.717, 1.165) is 11.2 Å². The fraction of sp³-hybridized carbons (Fsp3) is 0.241. The number of carbonyl (C=O) groups is 2. The summed E-state index contributed by atoms with van der Waals surface area (Å²) in [6, 6.07) is 23.3. The average Bonchev–Trinajstić information content (AvgIpc) is 3.44. The maximum absolute atomic E-state index is 13.7. The van der Waals surface area contributed by atoms with E-state index >= 15 is 0 Å². The van der Waals surface area contributed by atoms with Crippen molar-refractivity contribution in [2.75, 3.05) is 25.7 Å². The molecule has 0 aliphatic carbocycles. The molecule has 7 heteroatoms. The number of ether oxygens (including phenoxy) is 2. The molecule has 1 saturated heterocycles. The minimum absolute atomic E-state index is 0.0820. The van der Waals surface area contributed by atoms with Crippen molar-refractivity contribution in [1.29, 1.82) is 0 Å². The van der Waals surface area contributed by atoms with E-state index < -0.39 is 6.04 Å². The third kappa shape index (κ3) is 3.55. The molecule has 0 radical (unpaired) electrons. The maximum atomic E-state index is 13.7. The molecule has 0 bridgehead atoms. The molecule has 2 aliphatic heterocycles. The van der Waals surface area contributed by atoms with Gasteiger partial charge in [0.15, 0.2) is 0 Å². The normalized spacial score (nSPS) is 20.1. The van der Waals surface area contributed by atoms with Crippen molar-refractivity contribution in [2.24, 2.45) is 0 Å². The van der Waals surface area contributed by atoms with Crippen molar-refractivity contribution >= 4 is 28.4 Å². The highest BCUT2D eigenvalue weighted by atomic mass is 16.5. The first-order valence-corrected chi connectivity index (χ1v) is 12.1. The average molecular weight is 482 g/mol. The summed E-state index contributed by atoms with van der Waals surface area (Å²) in [5, 5.41) is 1.21. The topological polar surface area (TPSA) is 74.9 Å². The van der Waals surface area contributed by atoms with Crippen LogP contribution in [0.2, 0.25) is 0 Å². The third-order valence-electron chi connectivity index (χ3n) is 7.35. The highest BCUT2D eigenvalue weighted by Crippen LogP contribution is 2.41. The zero-order valence-corrected chi connectivity index (χ0v) is 20.2. The largest absolute Gasteiger partial charge is 0.497 e. The number of H-pyrrole nitrogens is 1. The number of nitrogens with zero attached hydrogens (tertiary/aromatic N) is 2. The van der Waals surface area contributed by atoms with Gasteiger partial charge in [0.1, 0.15) is 11.5 Å². The fourth-order valence-electron chi connectivity index (χ4n) is 5.65. The first-order valence-electron chi connectivity index (χ1n) is 12.1. The summed E-state index contributed by atoms with van der Waals surface area (Å²) in [5.41, 5.74) is 5.09. The highest BCUT2D eigenvalue weighted by Gasteiger charge is 2.46. The number of imide groups is 1. The molecule has 1 N–H and O–H groups in total. The predicted molar refractivity (Wildman–Crippen MR) is 137 cm³/mol. The van der Waals surface area contributed by atoms with Crippen molar-refractivity contribution < 1.29 is 19.1 Å². The van der Waals surface area contributed by atoms with Gasteiger partial charge in [0.25, 0.3) is 5.91 Å². The van der Waals surface area contributed by atoms with Crippen LogP contribution in [0.3, 0.4) is 0 Å². The minimum atomic E-state index is -0.546. The number of carbonyl (C=O) groups excluding carboxylic acids is 2. The van der Waals surface area contributed by atoms with Gasteiger partial charge in [0.05, 0.1) is 32.4 Å². The van der Waals surface area contributed by atoms with E-state index in [0.29, 0.717) is 30.3 Å². The van der Waals surface area contributed by atoms with Gasteiger partial charge in [-0.2, -0.15) is 0 Å². The molecular formula is C29H27N3O4. The molecule has 2 atom stereocenters. The van der Waals surface area contributed by atoms with Crippen molar-refractivity contribution in [3.05, 3.63) is 89.6 Å². The Morgan fingerprint density at radius 1 is 0.917 bits per heavy atom. The van der Waals surface area contributed by atoms with Gasteiger partial charge in [-0.3, -0.25) is 14.5 Å². The molecule has 3 aromatic carbocycles. The molecule has 2 amide bonds. The van der Waals surface area contributed by atoms with Crippen LogP contribution in [0.25, 0.3) is 10.9 Å². The molecule has 1 aromatic heterocycles. The van der Waals surface area contributed by atoms with Crippen molar-refractivity contribution in [2.45, 2.75) is 24.9 Å². The monoisotopic (exact) mass is 481 g/mol. The number of aromatic amines is 1. The van der Waals surface area contributed by atoms with Gasteiger partial charge >= 0.3 is 0 Å². The first-order chi connectivity index (χ1) is 17.6. The Labute approximate surface area is 209 Å². The molecule has 182 valence electrons. The lowest BCUT2D eigenvalue weighted by atomic mass is 9.85. The lowest BCUT2D eigenvalue weighted by molar-refractivity contribution is -0.123. The second kappa shape index (κ2) is 8.84. The summed E-state index contributed by atoms with van der Waals surface area (Å²) in [4.78, 5) is 33.9. The standard InChI is InChI=1S/C29H27N3O4/c1-35-19-12-13-24(26(14-19)36-2)32-27(33)15-25(29(32)34)31-16-21(18-8-4-3-5-9-18)28-20-10-6-7-11-22(20)30-23(28)17-31/h3-14,21,25,30H,15-17H2,1-2H3/t21-,25-/m0/s1. The summed E-state index contributed by atoms with van der Waals surface area (Å²) in [6.45, 7) is 1.22. The molecule has 4 aromatic rings. The number of amides is 2. The molecule has 6 rings (SSSR count). The Morgan fingerprint density at radius 3 is 2.47 bits per heavy atom. The Bertz CT molecular complexity index is 1460. The highest BCUT2D eigenvalue weighted by molar-refractivity contribution is 6.23. The first kappa shape index (κ1) is 22.4. The number of nitrogens with one attached hydrogen (secondary N) is 1. The number of rotatable bonds is 5. The quantitative estimate of drug-likeness (QED) is 0.426. The second-order valence-electron chi connectivity index (χ2n) is 9.28. The van der Waals surface area contributed by atoms with E-state index in [-0.39, 0.29) is 24.2 Å². The SMILES string of the molecule is COc1ccc(N2C(=O)C[C@H](N3Cc4[nH]c5ccccc5c4[C@H](c4ccccc4)C3)C2=O)c(OC)c1. The number of benzene rings is 3. The third-order valence-corrected chi connectivity index (χ3v) is 7.35.